The van der Waals surface area contributed by atoms with E-state index >= 15 is 0 Å². The molecule has 1 N–H and O–H groups in total. The molecule has 1 saturated carbocycles. The van der Waals surface area contributed by atoms with Gasteiger partial charge in [0.1, 0.15) is 0 Å². The van der Waals surface area contributed by atoms with Gasteiger partial charge in [-0.3, -0.25) is 0 Å². The first-order valence-electron chi connectivity index (χ1n) is 5.51. The third kappa shape index (κ3) is 1.65. The van der Waals surface area contributed by atoms with E-state index in [1.807, 2.05) is 0 Å². The molecular formula is C11H18N2S. The van der Waals surface area contributed by atoms with Crippen molar-refractivity contribution in [3.05, 3.63) is 16.7 Å². The van der Waals surface area contributed by atoms with Crippen molar-refractivity contribution < 1.29 is 0 Å². The van der Waals surface area contributed by atoms with Crippen LogP contribution in [-0.4, -0.2) is 9.55 Å². The number of nitrogens with zero attached hydrogens (tertiary/aromatic N) is 1. The first-order chi connectivity index (χ1) is 6.72. The molecule has 0 saturated heterocycles. The largest absolute Gasteiger partial charge is 0.337 e. The summed E-state index contributed by atoms with van der Waals surface area (Å²) in [5, 5.41) is 0. The Morgan fingerprint density at radius 3 is 2.93 bits per heavy atom. The van der Waals surface area contributed by atoms with Crippen LogP contribution < -0.4 is 0 Å². The lowest BCUT2D eigenvalue weighted by molar-refractivity contribution is 0.476. The van der Waals surface area contributed by atoms with Gasteiger partial charge in [0.05, 0.1) is 0 Å². The third-order valence-corrected chi connectivity index (χ3v) is 3.60. The number of aromatic amines is 1. The maximum absolute atomic E-state index is 5.32. The SMILES string of the molecule is CCc1c[nH]c(=S)n1C1CCC(C)C1. The van der Waals surface area contributed by atoms with Gasteiger partial charge in [-0.05, 0) is 43.8 Å². The first kappa shape index (κ1) is 9.97. The lowest BCUT2D eigenvalue weighted by Gasteiger charge is -2.14. The van der Waals surface area contributed by atoms with E-state index in [2.05, 4.69) is 29.6 Å². The van der Waals surface area contributed by atoms with E-state index in [-0.39, 0.29) is 0 Å². The van der Waals surface area contributed by atoms with Crippen molar-refractivity contribution in [1.29, 1.82) is 0 Å². The molecule has 14 heavy (non-hydrogen) atoms. The summed E-state index contributed by atoms with van der Waals surface area (Å²) in [6.07, 6.45) is 7.06. The minimum atomic E-state index is 0.652. The Morgan fingerprint density at radius 1 is 1.57 bits per heavy atom. The van der Waals surface area contributed by atoms with Crippen molar-refractivity contribution in [2.45, 2.75) is 45.6 Å². The molecule has 0 aromatic carbocycles. The molecule has 1 aliphatic carbocycles. The van der Waals surface area contributed by atoms with Crippen molar-refractivity contribution in [1.82, 2.24) is 9.55 Å². The molecule has 2 nitrogen and oxygen atoms in total. The predicted molar refractivity (Wildman–Crippen MR) is 61.0 cm³/mol. The molecule has 0 radical (unpaired) electrons. The first-order valence-corrected chi connectivity index (χ1v) is 5.92. The molecule has 3 heteroatoms. The summed E-state index contributed by atoms with van der Waals surface area (Å²) in [5.41, 5.74) is 1.36. The van der Waals surface area contributed by atoms with Crippen molar-refractivity contribution in [3.63, 3.8) is 0 Å². The Hall–Kier alpha value is -0.570. The average molecular weight is 210 g/mol. The lowest BCUT2D eigenvalue weighted by Crippen LogP contribution is -2.08. The highest BCUT2D eigenvalue weighted by Crippen LogP contribution is 2.35. The van der Waals surface area contributed by atoms with E-state index in [9.17, 15) is 0 Å². The van der Waals surface area contributed by atoms with E-state index in [4.69, 9.17) is 12.2 Å². The maximum Gasteiger partial charge on any atom is 0.177 e. The van der Waals surface area contributed by atoms with Gasteiger partial charge >= 0.3 is 0 Å². The second-order valence-corrected chi connectivity index (χ2v) is 4.77. The van der Waals surface area contributed by atoms with E-state index < -0.39 is 0 Å². The van der Waals surface area contributed by atoms with Crippen LogP contribution >= 0.6 is 12.2 Å². The zero-order chi connectivity index (χ0) is 10.1. The quantitative estimate of drug-likeness (QED) is 0.741. The van der Waals surface area contributed by atoms with Crippen LogP contribution in [0.4, 0.5) is 0 Å². The molecule has 2 rings (SSSR count). The Labute approximate surface area is 90.3 Å². The highest BCUT2D eigenvalue weighted by Gasteiger charge is 2.24. The van der Waals surface area contributed by atoms with Gasteiger partial charge in [-0.25, -0.2) is 0 Å². The Kier molecular flexibility index (Phi) is 2.77. The number of hydrogen-bond donors (Lipinski definition) is 1. The van der Waals surface area contributed by atoms with Gasteiger partial charge < -0.3 is 9.55 Å². The summed E-state index contributed by atoms with van der Waals surface area (Å²) < 4.78 is 3.24. The number of hydrogen-bond acceptors (Lipinski definition) is 1. The number of aryl methyl sites for hydroxylation is 1. The van der Waals surface area contributed by atoms with Crippen LogP contribution in [0.5, 0.6) is 0 Å². The van der Waals surface area contributed by atoms with Crippen LogP contribution in [0.2, 0.25) is 0 Å². The van der Waals surface area contributed by atoms with Gasteiger partial charge in [-0.15, -0.1) is 0 Å². The lowest BCUT2D eigenvalue weighted by atomic mass is 10.1. The van der Waals surface area contributed by atoms with Crippen LogP contribution in [0, 0.1) is 10.7 Å². The topological polar surface area (TPSA) is 20.7 Å². The van der Waals surface area contributed by atoms with Gasteiger partial charge in [-0.1, -0.05) is 13.8 Å². The molecule has 0 spiro atoms. The molecule has 1 fully saturated rings. The smallest absolute Gasteiger partial charge is 0.177 e. The monoisotopic (exact) mass is 210 g/mol. The number of rotatable bonds is 2. The fourth-order valence-corrected chi connectivity index (χ4v) is 2.82. The van der Waals surface area contributed by atoms with Crippen LogP contribution in [-0.2, 0) is 6.42 Å². The third-order valence-electron chi connectivity index (χ3n) is 3.29. The van der Waals surface area contributed by atoms with Crippen molar-refractivity contribution in [3.8, 4) is 0 Å². The molecular weight excluding hydrogens is 192 g/mol. The minimum Gasteiger partial charge on any atom is -0.337 e. The van der Waals surface area contributed by atoms with Gasteiger partial charge in [0.2, 0.25) is 0 Å². The summed E-state index contributed by atoms with van der Waals surface area (Å²) in [4.78, 5) is 3.16. The number of aromatic nitrogens is 2. The molecule has 0 bridgehead atoms. The molecule has 1 heterocycles. The zero-order valence-corrected chi connectivity index (χ0v) is 9.73. The molecule has 0 aliphatic heterocycles. The predicted octanol–water partition coefficient (Wildman–Crippen LogP) is 3.47. The van der Waals surface area contributed by atoms with E-state index in [0.717, 1.165) is 17.1 Å². The Bertz CT molecular complexity index is 364. The fraction of sp³-hybridized carbons (Fsp3) is 0.727. The van der Waals surface area contributed by atoms with E-state index in [0.29, 0.717) is 6.04 Å². The Balaban J connectivity index is 2.30. The summed E-state index contributed by atoms with van der Waals surface area (Å²) in [6.45, 7) is 4.52. The summed E-state index contributed by atoms with van der Waals surface area (Å²) in [6, 6.07) is 0.652. The van der Waals surface area contributed by atoms with Crippen LogP contribution in [0.1, 0.15) is 44.8 Å². The highest BCUT2D eigenvalue weighted by molar-refractivity contribution is 7.71. The van der Waals surface area contributed by atoms with E-state index in [1.54, 1.807) is 0 Å². The van der Waals surface area contributed by atoms with Crippen LogP contribution in [0.15, 0.2) is 6.20 Å². The van der Waals surface area contributed by atoms with Gasteiger partial charge in [-0.2, -0.15) is 0 Å². The normalized spacial score (nSPS) is 27.0. The molecule has 1 aromatic rings. The van der Waals surface area contributed by atoms with Crippen LogP contribution in [0.25, 0.3) is 0 Å². The summed E-state index contributed by atoms with van der Waals surface area (Å²) in [7, 11) is 0. The molecule has 1 aromatic heterocycles. The highest BCUT2D eigenvalue weighted by atomic mass is 32.1. The molecule has 2 unspecified atom stereocenters. The average Bonchev–Trinajstić information content (AvgIpc) is 2.71. The van der Waals surface area contributed by atoms with Gasteiger partial charge in [0.25, 0.3) is 0 Å². The van der Waals surface area contributed by atoms with Crippen molar-refractivity contribution >= 4 is 12.2 Å². The Morgan fingerprint density at radius 2 is 2.36 bits per heavy atom. The standard InChI is InChI=1S/C11H18N2S/c1-3-9-7-12-11(14)13(9)10-5-4-8(2)6-10/h7-8,10H,3-6H2,1-2H3,(H,12,14). The van der Waals surface area contributed by atoms with Crippen LogP contribution in [0.3, 0.4) is 0 Å². The number of nitrogens with one attached hydrogen (secondary N) is 1. The number of imidazole rings is 1. The summed E-state index contributed by atoms with van der Waals surface area (Å²) >= 11 is 5.32. The van der Waals surface area contributed by atoms with E-state index in [1.165, 1.54) is 25.0 Å². The van der Waals surface area contributed by atoms with Gasteiger partial charge in [0, 0.05) is 17.9 Å². The fourth-order valence-electron chi connectivity index (χ4n) is 2.50. The molecule has 1 aliphatic rings. The molecule has 78 valence electrons. The van der Waals surface area contributed by atoms with Crippen molar-refractivity contribution in [2.75, 3.05) is 0 Å². The number of H-pyrrole nitrogens is 1. The summed E-state index contributed by atoms with van der Waals surface area (Å²) in [5.74, 6) is 0.863. The molecule has 0 amide bonds. The zero-order valence-electron chi connectivity index (χ0n) is 8.92. The second kappa shape index (κ2) is 3.89. The minimum absolute atomic E-state index is 0.652. The van der Waals surface area contributed by atoms with Gasteiger partial charge in [0.15, 0.2) is 4.77 Å². The maximum atomic E-state index is 5.32. The second-order valence-electron chi connectivity index (χ2n) is 4.38. The molecule has 2 atom stereocenters. The van der Waals surface area contributed by atoms with Crippen molar-refractivity contribution in [2.24, 2.45) is 5.92 Å².